The minimum atomic E-state index is -1.03. The van der Waals surface area contributed by atoms with Gasteiger partial charge in [0.25, 0.3) is 5.91 Å². The largest absolute Gasteiger partial charge is 0.477 e. The van der Waals surface area contributed by atoms with Crippen LogP contribution in [0, 0.1) is 0 Å². The van der Waals surface area contributed by atoms with Gasteiger partial charge in [0.05, 0.1) is 5.69 Å². The fourth-order valence-corrected chi connectivity index (χ4v) is 2.80. The molecule has 0 aliphatic heterocycles. The molecular formula is C15H16N2O3S. The van der Waals surface area contributed by atoms with Crippen LogP contribution in [0.4, 0.5) is 5.13 Å². The van der Waals surface area contributed by atoms with Crippen LogP contribution in [-0.2, 0) is 5.41 Å². The molecular weight excluding hydrogens is 288 g/mol. The lowest BCUT2D eigenvalue weighted by molar-refractivity contribution is 0.0699. The molecule has 110 valence electrons. The zero-order valence-corrected chi connectivity index (χ0v) is 12.8. The number of aromatic carboxylic acids is 1. The molecule has 0 bridgehead atoms. The smallest absolute Gasteiger partial charge is 0.347 e. The number of anilines is 1. The summed E-state index contributed by atoms with van der Waals surface area (Å²) >= 11 is 0.975. The number of amides is 1. The van der Waals surface area contributed by atoms with Crippen LogP contribution in [-0.4, -0.2) is 22.0 Å². The molecule has 6 heteroatoms. The van der Waals surface area contributed by atoms with Gasteiger partial charge in [-0.2, -0.15) is 0 Å². The van der Waals surface area contributed by atoms with Gasteiger partial charge in [0.1, 0.15) is 4.88 Å². The summed E-state index contributed by atoms with van der Waals surface area (Å²) in [6, 6.07) is 8.72. The lowest BCUT2D eigenvalue weighted by Gasteiger charge is -2.15. The van der Waals surface area contributed by atoms with Gasteiger partial charge in [-0.15, -0.1) is 0 Å². The normalized spacial score (nSPS) is 11.2. The molecule has 2 rings (SSSR count). The summed E-state index contributed by atoms with van der Waals surface area (Å²) in [7, 11) is 0. The highest BCUT2D eigenvalue weighted by Gasteiger charge is 2.27. The van der Waals surface area contributed by atoms with E-state index >= 15 is 0 Å². The maximum atomic E-state index is 12.1. The Kier molecular flexibility index (Phi) is 4.09. The van der Waals surface area contributed by atoms with Gasteiger partial charge in [0, 0.05) is 11.0 Å². The number of nitrogens with one attached hydrogen (secondary N) is 1. The lowest BCUT2D eigenvalue weighted by atomic mass is 9.91. The van der Waals surface area contributed by atoms with Gasteiger partial charge < -0.3 is 5.11 Å². The number of carboxylic acids is 1. The van der Waals surface area contributed by atoms with Crippen molar-refractivity contribution in [2.45, 2.75) is 26.2 Å². The first-order valence-corrected chi connectivity index (χ1v) is 7.21. The van der Waals surface area contributed by atoms with Crippen LogP contribution < -0.4 is 5.32 Å². The zero-order chi connectivity index (χ0) is 15.6. The van der Waals surface area contributed by atoms with E-state index < -0.39 is 11.4 Å². The molecule has 0 atom stereocenters. The maximum Gasteiger partial charge on any atom is 0.347 e. The fraction of sp³-hybridized carbons (Fsp3) is 0.267. The van der Waals surface area contributed by atoms with Crippen LogP contribution in [0.25, 0.3) is 0 Å². The Morgan fingerprint density at radius 3 is 2.29 bits per heavy atom. The first kappa shape index (κ1) is 15.2. The molecule has 1 heterocycles. The average molecular weight is 304 g/mol. The van der Waals surface area contributed by atoms with E-state index in [4.69, 9.17) is 0 Å². The number of aromatic nitrogens is 1. The van der Waals surface area contributed by atoms with E-state index in [2.05, 4.69) is 10.3 Å². The second kappa shape index (κ2) is 5.65. The molecule has 0 fully saturated rings. The second-order valence-corrected chi connectivity index (χ2v) is 6.57. The molecule has 0 saturated carbocycles. The predicted octanol–water partition coefficient (Wildman–Crippen LogP) is 3.39. The van der Waals surface area contributed by atoms with Crippen LogP contribution in [0.1, 0.15) is 46.5 Å². The van der Waals surface area contributed by atoms with Crippen molar-refractivity contribution >= 4 is 28.3 Å². The monoisotopic (exact) mass is 304 g/mol. The second-order valence-electron chi connectivity index (χ2n) is 5.57. The van der Waals surface area contributed by atoms with Crippen molar-refractivity contribution in [2.24, 2.45) is 0 Å². The Labute approximate surface area is 126 Å². The van der Waals surface area contributed by atoms with Crippen LogP contribution >= 0.6 is 11.3 Å². The Morgan fingerprint density at radius 2 is 1.81 bits per heavy atom. The summed E-state index contributed by atoms with van der Waals surface area (Å²) in [6.45, 7) is 5.66. The number of carbonyl (C=O) groups is 2. The molecule has 2 aromatic rings. The number of carboxylic acid groups (broad SMARTS) is 1. The van der Waals surface area contributed by atoms with Crippen molar-refractivity contribution in [1.29, 1.82) is 0 Å². The third-order valence-electron chi connectivity index (χ3n) is 2.79. The summed E-state index contributed by atoms with van der Waals surface area (Å²) in [6.07, 6.45) is 0. The Bertz CT molecular complexity index is 672. The third-order valence-corrected chi connectivity index (χ3v) is 3.75. The molecule has 1 aromatic heterocycles. The number of hydrogen-bond donors (Lipinski definition) is 2. The van der Waals surface area contributed by atoms with Crippen LogP contribution in [0.2, 0.25) is 0 Å². The quantitative estimate of drug-likeness (QED) is 0.911. The SMILES string of the molecule is CC(C)(C)c1nc(NC(=O)c2ccccc2)sc1C(=O)O. The Balaban J connectivity index is 2.30. The van der Waals surface area contributed by atoms with Crippen molar-refractivity contribution in [3.05, 3.63) is 46.5 Å². The van der Waals surface area contributed by atoms with Gasteiger partial charge in [-0.3, -0.25) is 10.1 Å². The van der Waals surface area contributed by atoms with Crippen LogP contribution in [0.15, 0.2) is 30.3 Å². The molecule has 21 heavy (non-hydrogen) atoms. The summed E-state index contributed by atoms with van der Waals surface area (Å²) in [4.78, 5) is 27.8. The number of carbonyl (C=O) groups excluding carboxylic acids is 1. The molecule has 0 aliphatic carbocycles. The maximum absolute atomic E-state index is 12.1. The molecule has 0 spiro atoms. The molecule has 0 saturated heterocycles. The van der Waals surface area contributed by atoms with E-state index in [0.29, 0.717) is 16.4 Å². The topological polar surface area (TPSA) is 79.3 Å². The molecule has 0 aliphatic rings. The lowest BCUT2D eigenvalue weighted by Crippen LogP contribution is -2.16. The van der Waals surface area contributed by atoms with Gasteiger partial charge in [-0.05, 0) is 12.1 Å². The molecule has 2 N–H and O–H groups in total. The van der Waals surface area contributed by atoms with Crippen molar-refractivity contribution in [3.63, 3.8) is 0 Å². The number of thiazole rings is 1. The fourth-order valence-electron chi connectivity index (χ4n) is 1.79. The minimum Gasteiger partial charge on any atom is -0.477 e. The van der Waals surface area contributed by atoms with Crippen molar-refractivity contribution in [2.75, 3.05) is 5.32 Å². The van der Waals surface area contributed by atoms with E-state index in [1.54, 1.807) is 24.3 Å². The van der Waals surface area contributed by atoms with E-state index in [0.717, 1.165) is 11.3 Å². The van der Waals surface area contributed by atoms with E-state index in [1.165, 1.54) is 0 Å². The number of hydrogen-bond acceptors (Lipinski definition) is 4. The van der Waals surface area contributed by atoms with Crippen LogP contribution in [0.5, 0.6) is 0 Å². The minimum absolute atomic E-state index is 0.158. The van der Waals surface area contributed by atoms with E-state index in [9.17, 15) is 14.7 Å². The van der Waals surface area contributed by atoms with Gasteiger partial charge in [-0.25, -0.2) is 9.78 Å². The number of rotatable bonds is 3. The third kappa shape index (κ3) is 3.46. The molecule has 1 amide bonds. The predicted molar refractivity (Wildman–Crippen MR) is 82.2 cm³/mol. The molecule has 0 radical (unpaired) electrons. The molecule has 5 nitrogen and oxygen atoms in total. The van der Waals surface area contributed by atoms with Gasteiger partial charge >= 0.3 is 5.97 Å². The van der Waals surface area contributed by atoms with Crippen molar-refractivity contribution in [3.8, 4) is 0 Å². The average Bonchev–Trinajstić information content (AvgIpc) is 2.84. The van der Waals surface area contributed by atoms with E-state index in [-0.39, 0.29) is 10.8 Å². The number of benzene rings is 1. The Hall–Kier alpha value is -2.21. The molecule has 0 unspecified atom stereocenters. The summed E-state index contributed by atoms with van der Waals surface area (Å²) in [5.74, 6) is -1.33. The first-order valence-electron chi connectivity index (χ1n) is 6.40. The highest BCUT2D eigenvalue weighted by Crippen LogP contribution is 2.32. The first-order chi connectivity index (χ1) is 9.79. The van der Waals surface area contributed by atoms with Crippen LogP contribution in [0.3, 0.4) is 0 Å². The summed E-state index contributed by atoms with van der Waals surface area (Å²) < 4.78 is 0. The standard InChI is InChI=1S/C15H16N2O3S/c1-15(2,3)11-10(13(19)20)21-14(16-11)17-12(18)9-7-5-4-6-8-9/h4-8H,1-3H3,(H,19,20)(H,16,17,18). The molecule has 1 aromatic carbocycles. The summed E-state index contributed by atoms with van der Waals surface area (Å²) in [5, 5.41) is 12.2. The summed E-state index contributed by atoms with van der Waals surface area (Å²) in [5.41, 5.74) is 0.574. The van der Waals surface area contributed by atoms with Crippen molar-refractivity contribution < 1.29 is 14.7 Å². The van der Waals surface area contributed by atoms with Gasteiger partial charge in [-0.1, -0.05) is 50.3 Å². The number of nitrogens with zero attached hydrogens (tertiary/aromatic N) is 1. The van der Waals surface area contributed by atoms with Gasteiger partial charge in [0.2, 0.25) is 0 Å². The van der Waals surface area contributed by atoms with Gasteiger partial charge in [0.15, 0.2) is 5.13 Å². The van der Waals surface area contributed by atoms with Crippen molar-refractivity contribution in [1.82, 2.24) is 4.98 Å². The Morgan fingerprint density at radius 1 is 1.19 bits per heavy atom. The highest BCUT2D eigenvalue weighted by atomic mass is 32.1. The highest BCUT2D eigenvalue weighted by molar-refractivity contribution is 7.17. The van der Waals surface area contributed by atoms with E-state index in [1.807, 2.05) is 26.8 Å². The zero-order valence-electron chi connectivity index (χ0n) is 12.0.